The number of aromatic nitrogens is 1. The topological polar surface area (TPSA) is 94.3 Å². The van der Waals surface area contributed by atoms with E-state index in [0.717, 1.165) is 21.2 Å². The van der Waals surface area contributed by atoms with Gasteiger partial charge in [0.1, 0.15) is 16.5 Å². The van der Waals surface area contributed by atoms with E-state index in [1.807, 2.05) is 38.1 Å². The maximum Gasteiger partial charge on any atom is 0.275 e. The van der Waals surface area contributed by atoms with Gasteiger partial charge in [-0.25, -0.2) is 4.98 Å². The quantitative estimate of drug-likeness (QED) is 0.670. The maximum absolute atomic E-state index is 12.4. The molecule has 0 saturated heterocycles. The number of hydrogen-bond donors (Lipinski definition) is 2. The zero-order chi connectivity index (χ0) is 18.7. The first kappa shape index (κ1) is 18.1. The van der Waals surface area contributed by atoms with Gasteiger partial charge in [0.25, 0.3) is 11.8 Å². The summed E-state index contributed by atoms with van der Waals surface area (Å²) in [5, 5.41) is 5.23. The molecule has 8 heteroatoms. The zero-order valence-electron chi connectivity index (χ0n) is 14.2. The van der Waals surface area contributed by atoms with Crippen molar-refractivity contribution in [3.05, 3.63) is 51.2 Å². The van der Waals surface area contributed by atoms with Crippen LogP contribution in [0.1, 0.15) is 32.0 Å². The highest BCUT2D eigenvalue weighted by Crippen LogP contribution is 2.28. The number of thiophene rings is 1. The van der Waals surface area contributed by atoms with Crippen LogP contribution in [0.4, 0.5) is 5.69 Å². The number of anilines is 1. The molecule has 0 spiro atoms. The number of thiazole rings is 1. The summed E-state index contributed by atoms with van der Waals surface area (Å²) in [6.45, 7) is 4.36. The van der Waals surface area contributed by atoms with Gasteiger partial charge in [0, 0.05) is 15.8 Å². The fourth-order valence-electron chi connectivity index (χ4n) is 2.28. The molecule has 0 atom stereocenters. The molecule has 3 aromatic rings. The summed E-state index contributed by atoms with van der Waals surface area (Å²) in [4.78, 5) is 29.3. The van der Waals surface area contributed by atoms with Crippen molar-refractivity contribution in [2.75, 3.05) is 11.9 Å². The summed E-state index contributed by atoms with van der Waals surface area (Å²) >= 11 is 2.64. The van der Waals surface area contributed by atoms with Gasteiger partial charge in [0.15, 0.2) is 0 Å². The number of nitrogens with one attached hydrogen (secondary N) is 1. The molecule has 134 valence electrons. The molecule has 0 saturated carbocycles. The molecule has 0 bridgehead atoms. The van der Waals surface area contributed by atoms with Gasteiger partial charge in [-0.3, -0.25) is 9.59 Å². The monoisotopic (exact) mass is 387 g/mol. The number of benzene rings is 1. The van der Waals surface area contributed by atoms with Crippen LogP contribution in [0.2, 0.25) is 0 Å². The van der Waals surface area contributed by atoms with Crippen LogP contribution >= 0.6 is 22.7 Å². The van der Waals surface area contributed by atoms with Crippen molar-refractivity contribution in [1.29, 1.82) is 0 Å². The Morgan fingerprint density at radius 2 is 2.00 bits per heavy atom. The van der Waals surface area contributed by atoms with Crippen molar-refractivity contribution < 1.29 is 14.3 Å². The van der Waals surface area contributed by atoms with E-state index in [4.69, 9.17) is 10.5 Å². The van der Waals surface area contributed by atoms with E-state index in [0.29, 0.717) is 22.9 Å². The molecule has 2 heterocycles. The van der Waals surface area contributed by atoms with Crippen molar-refractivity contribution in [2.45, 2.75) is 13.8 Å². The lowest BCUT2D eigenvalue weighted by atomic mass is 10.2. The number of hydrogen-bond acceptors (Lipinski definition) is 6. The molecule has 0 aliphatic heterocycles. The van der Waals surface area contributed by atoms with Crippen LogP contribution in [0.25, 0.3) is 10.6 Å². The Bertz CT molecular complexity index is 945. The van der Waals surface area contributed by atoms with E-state index in [-0.39, 0.29) is 5.91 Å². The molecular formula is C18H17N3O3S2. The molecule has 26 heavy (non-hydrogen) atoms. The predicted molar refractivity (Wildman–Crippen MR) is 104 cm³/mol. The molecule has 0 fully saturated rings. The van der Waals surface area contributed by atoms with Crippen LogP contribution in [0.5, 0.6) is 5.75 Å². The number of nitrogens with zero attached hydrogens (tertiary/aromatic N) is 1. The number of carbonyl (C=O) groups excluding carboxylic acids is 2. The molecule has 0 aliphatic carbocycles. The van der Waals surface area contributed by atoms with E-state index in [1.165, 1.54) is 22.7 Å². The summed E-state index contributed by atoms with van der Waals surface area (Å²) in [6, 6.07) is 9.15. The molecule has 1 aromatic carbocycles. The molecule has 2 aromatic heterocycles. The van der Waals surface area contributed by atoms with Crippen molar-refractivity contribution in [1.82, 2.24) is 4.98 Å². The molecular weight excluding hydrogens is 370 g/mol. The summed E-state index contributed by atoms with van der Waals surface area (Å²) in [5.41, 5.74) is 7.09. The third kappa shape index (κ3) is 3.92. The van der Waals surface area contributed by atoms with Crippen molar-refractivity contribution in [2.24, 2.45) is 5.73 Å². The van der Waals surface area contributed by atoms with Gasteiger partial charge < -0.3 is 15.8 Å². The lowest BCUT2D eigenvalue weighted by Gasteiger charge is -2.03. The second-order valence-electron chi connectivity index (χ2n) is 5.39. The third-order valence-electron chi connectivity index (χ3n) is 3.56. The number of aryl methyl sites for hydroxylation is 1. The minimum absolute atomic E-state index is 0.324. The van der Waals surface area contributed by atoms with E-state index in [1.54, 1.807) is 11.4 Å². The highest BCUT2D eigenvalue weighted by atomic mass is 32.1. The van der Waals surface area contributed by atoms with Crippen LogP contribution in [0.3, 0.4) is 0 Å². The Balaban J connectivity index is 1.74. The molecule has 0 radical (unpaired) electrons. The van der Waals surface area contributed by atoms with Crippen LogP contribution in [-0.2, 0) is 0 Å². The smallest absolute Gasteiger partial charge is 0.275 e. The van der Waals surface area contributed by atoms with Crippen LogP contribution in [0.15, 0.2) is 35.7 Å². The lowest BCUT2D eigenvalue weighted by molar-refractivity contribution is 0.0999. The van der Waals surface area contributed by atoms with E-state index >= 15 is 0 Å². The standard InChI is InChI=1S/C18H17N3O3S2/c1-3-24-12-6-4-11(5-7-12)18-21-14(9-25-18)17(23)20-13-8-15(16(19)22)26-10(13)2/h4-9H,3H2,1-2H3,(H2,19,22)(H,20,23). The Kier molecular flexibility index (Phi) is 5.34. The van der Waals surface area contributed by atoms with E-state index < -0.39 is 5.91 Å². The molecule has 6 nitrogen and oxygen atoms in total. The Labute approximate surface area is 158 Å². The highest BCUT2D eigenvalue weighted by molar-refractivity contribution is 7.14. The molecule has 2 amide bonds. The number of primary amides is 1. The van der Waals surface area contributed by atoms with Gasteiger partial charge in [0.2, 0.25) is 0 Å². The molecule has 3 rings (SSSR count). The predicted octanol–water partition coefficient (Wildman–Crippen LogP) is 3.93. The summed E-state index contributed by atoms with van der Waals surface area (Å²) in [5.74, 6) is -0.0376. The van der Waals surface area contributed by atoms with Gasteiger partial charge in [-0.15, -0.1) is 22.7 Å². The molecule has 3 N–H and O–H groups in total. The van der Waals surface area contributed by atoms with Crippen LogP contribution < -0.4 is 15.8 Å². The first-order valence-corrected chi connectivity index (χ1v) is 9.58. The van der Waals surface area contributed by atoms with E-state index in [9.17, 15) is 9.59 Å². The van der Waals surface area contributed by atoms with Crippen molar-refractivity contribution >= 4 is 40.2 Å². The second kappa shape index (κ2) is 7.67. The number of nitrogens with two attached hydrogens (primary N) is 1. The largest absolute Gasteiger partial charge is 0.494 e. The Morgan fingerprint density at radius 1 is 1.27 bits per heavy atom. The fourth-order valence-corrected chi connectivity index (χ4v) is 3.92. The zero-order valence-corrected chi connectivity index (χ0v) is 15.9. The third-order valence-corrected chi connectivity index (χ3v) is 5.51. The minimum atomic E-state index is -0.509. The normalized spacial score (nSPS) is 10.5. The number of ether oxygens (including phenoxy) is 1. The average Bonchev–Trinajstić information content (AvgIpc) is 3.24. The number of rotatable bonds is 6. The number of amides is 2. The van der Waals surface area contributed by atoms with Crippen LogP contribution in [-0.4, -0.2) is 23.4 Å². The van der Waals surface area contributed by atoms with Gasteiger partial charge in [0.05, 0.1) is 17.2 Å². The van der Waals surface area contributed by atoms with Crippen molar-refractivity contribution in [3.8, 4) is 16.3 Å². The minimum Gasteiger partial charge on any atom is -0.494 e. The van der Waals surface area contributed by atoms with E-state index in [2.05, 4.69) is 10.3 Å². The maximum atomic E-state index is 12.4. The SMILES string of the molecule is CCOc1ccc(-c2nc(C(=O)Nc3cc(C(N)=O)sc3C)cs2)cc1. The second-order valence-corrected chi connectivity index (χ2v) is 7.51. The Morgan fingerprint density at radius 3 is 2.62 bits per heavy atom. The highest BCUT2D eigenvalue weighted by Gasteiger charge is 2.16. The average molecular weight is 387 g/mol. The van der Waals surface area contributed by atoms with Crippen molar-refractivity contribution in [3.63, 3.8) is 0 Å². The lowest BCUT2D eigenvalue weighted by Crippen LogP contribution is -2.12. The Hall–Kier alpha value is -2.71. The molecule has 0 aliphatic rings. The summed E-state index contributed by atoms with van der Waals surface area (Å²) in [6.07, 6.45) is 0. The first-order chi connectivity index (χ1) is 12.5. The summed E-state index contributed by atoms with van der Waals surface area (Å²) in [7, 11) is 0. The van der Waals surface area contributed by atoms with Gasteiger partial charge >= 0.3 is 0 Å². The van der Waals surface area contributed by atoms with Crippen LogP contribution in [0, 0.1) is 6.92 Å². The first-order valence-electron chi connectivity index (χ1n) is 7.88. The number of carbonyl (C=O) groups is 2. The molecule has 0 unspecified atom stereocenters. The van der Waals surface area contributed by atoms with Gasteiger partial charge in [-0.1, -0.05) is 0 Å². The fraction of sp³-hybridized carbons (Fsp3) is 0.167. The summed E-state index contributed by atoms with van der Waals surface area (Å²) < 4.78 is 5.42. The van der Waals surface area contributed by atoms with Gasteiger partial charge in [-0.2, -0.15) is 0 Å². The van der Waals surface area contributed by atoms with Gasteiger partial charge in [-0.05, 0) is 44.2 Å².